The first kappa shape index (κ1) is 25.2. The summed E-state index contributed by atoms with van der Waals surface area (Å²) in [5.41, 5.74) is 11.1. The summed E-state index contributed by atoms with van der Waals surface area (Å²) < 4.78 is 17.7. The highest BCUT2D eigenvalue weighted by Crippen LogP contribution is 2.48. The smallest absolute Gasteiger partial charge is 0.407 e. The van der Waals surface area contributed by atoms with E-state index in [1.807, 2.05) is 0 Å². The molecule has 10 heteroatoms. The van der Waals surface area contributed by atoms with E-state index in [0.29, 0.717) is 24.9 Å². The summed E-state index contributed by atoms with van der Waals surface area (Å²) in [4.78, 5) is 23.1. The third kappa shape index (κ3) is 4.87. The number of carbonyl (C=O) groups is 1. The zero-order valence-corrected chi connectivity index (χ0v) is 22.3. The number of ether oxygens (including phenoxy) is 3. The van der Waals surface area contributed by atoms with E-state index < -0.39 is 0 Å². The quantitative estimate of drug-likeness (QED) is 0.525. The number of aromatic nitrogens is 2. The minimum absolute atomic E-state index is 0.165. The van der Waals surface area contributed by atoms with Gasteiger partial charge in [-0.1, -0.05) is 13.8 Å². The van der Waals surface area contributed by atoms with Gasteiger partial charge in [-0.3, -0.25) is 4.90 Å². The number of hydrogen-bond donors (Lipinski definition) is 3. The molecule has 0 bridgehead atoms. The van der Waals surface area contributed by atoms with E-state index >= 15 is 0 Å². The van der Waals surface area contributed by atoms with Crippen LogP contribution in [0.15, 0.2) is 18.5 Å². The lowest BCUT2D eigenvalue weighted by Crippen LogP contribution is -2.46. The summed E-state index contributed by atoms with van der Waals surface area (Å²) in [5.74, 6) is 1.37. The summed E-state index contributed by atoms with van der Waals surface area (Å²) in [6.07, 6.45) is 6.18. The van der Waals surface area contributed by atoms with E-state index in [0.717, 1.165) is 92.2 Å². The minimum Gasteiger partial charge on any atom is -0.488 e. The van der Waals surface area contributed by atoms with E-state index in [4.69, 9.17) is 19.9 Å². The van der Waals surface area contributed by atoms with Gasteiger partial charge in [0.25, 0.3) is 0 Å². The number of carbonyl (C=O) groups excluding carboxylic acids is 1. The maximum atomic E-state index is 11.6. The Labute approximate surface area is 223 Å². The van der Waals surface area contributed by atoms with Crippen LogP contribution in [0.3, 0.4) is 0 Å². The first-order valence-electron chi connectivity index (χ1n) is 13.8. The highest BCUT2D eigenvalue weighted by atomic mass is 16.6. The molecule has 2 aliphatic heterocycles. The number of benzene rings is 1. The lowest BCUT2D eigenvalue weighted by Gasteiger charge is -2.39. The second-order valence-electron chi connectivity index (χ2n) is 11.5. The van der Waals surface area contributed by atoms with Crippen molar-refractivity contribution in [3.05, 3.63) is 29.6 Å². The zero-order chi connectivity index (χ0) is 26.3. The van der Waals surface area contributed by atoms with E-state index in [1.165, 1.54) is 6.33 Å². The van der Waals surface area contributed by atoms with Crippen molar-refractivity contribution in [1.29, 1.82) is 0 Å². The molecule has 4 aliphatic rings. The Morgan fingerprint density at radius 1 is 1.18 bits per heavy atom. The standard InChI is InChI=1S/C28H38N6O4/c1-28(2)13-21-20(25-23(28)26(29)33-16-32-25)7-8-22(24(21)30-14-19-15-31-27(35)38-19)37-18-5-3-17(4-6-18)34-9-11-36-12-10-34/h7-8,16-19,30H,3-6,9-15H2,1-2H3,(H,31,35)(H2,29,32,33)/t17-,18+,19-/m1/s1. The molecule has 2 aromatic rings. The van der Waals surface area contributed by atoms with Crippen LogP contribution in [0.2, 0.25) is 0 Å². The Balaban J connectivity index is 1.27. The predicted molar refractivity (Wildman–Crippen MR) is 144 cm³/mol. The average Bonchev–Trinajstić information content (AvgIpc) is 3.33. The van der Waals surface area contributed by atoms with Gasteiger partial charge in [0.2, 0.25) is 0 Å². The molecule has 10 nitrogen and oxygen atoms in total. The van der Waals surface area contributed by atoms with Crippen LogP contribution in [0.1, 0.15) is 50.7 Å². The van der Waals surface area contributed by atoms with Crippen LogP contribution in [-0.4, -0.2) is 78.6 Å². The van der Waals surface area contributed by atoms with Crippen molar-refractivity contribution in [2.75, 3.05) is 50.4 Å². The van der Waals surface area contributed by atoms with Crippen LogP contribution in [0, 0.1) is 0 Å². The van der Waals surface area contributed by atoms with Crippen LogP contribution >= 0.6 is 0 Å². The third-order valence-electron chi connectivity index (χ3n) is 8.46. The summed E-state index contributed by atoms with van der Waals surface area (Å²) in [7, 11) is 0. The van der Waals surface area contributed by atoms with Crippen molar-refractivity contribution in [1.82, 2.24) is 20.2 Å². The van der Waals surface area contributed by atoms with Gasteiger partial charge in [0.15, 0.2) is 0 Å². The van der Waals surface area contributed by atoms with E-state index in [-0.39, 0.29) is 23.7 Å². The number of amides is 1. The monoisotopic (exact) mass is 522 g/mol. The molecule has 4 N–H and O–H groups in total. The van der Waals surface area contributed by atoms with E-state index in [9.17, 15) is 4.79 Å². The topological polar surface area (TPSA) is 124 Å². The summed E-state index contributed by atoms with van der Waals surface area (Å²) in [6, 6.07) is 4.77. The number of anilines is 2. The van der Waals surface area contributed by atoms with E-state index in [2.05, 4.69) is 51.5 Å². The number of hydrogen-bond acceptors (Lipinski definition) is 9. The van der Waals surface area contributed by atoms with Crippen molar-refractivity contribution in [3.8, 4) is 17.0 Å². The van der Waals surface area contributed by atoms with Gasteiger partial charge in [0.1, 0.15) is 24.0 Å². The fourth-order valence-electron chi connectivity index (χ4n) is 6.54. The van der Waals surface area contributed by atoms with Gasteiger partial charge in [-0.2, -0.15) is 0 Å². The molecule has 0 radical (unpaired) electrons. The Bertz CT molecular complexity index is 1190. The van der Waals surface area contributed by atoms with Crippen LogP contribution in [0.4, 0.5) is 16.3 Å². The van der Waals surface area contributed by atoms with Crippen LogP contribution in [-0.2, 0) is 21.3 Å². The molecule has 1 aromatic heterocycles. The second kappa shape index (κ2) is 10.2. The van der Waals surface area contributed by atoms with Gasteiger partial charge < -0.3 is 30.6 Å². The highest BCUT2D eigenvalue weighted by Gasteiger charge is 2.37. The number of morpholine rings is 1. The second-order valence-corrected chi connectivity index (χ2v) is 11.5. The van der Waals surface area contributed by atoms with Crippen LogP contribution in [0.25, 0.3) is 11.3 Å². The molecule has 2 saturated heterocycles. The highest BCUT2D eigenvalue weighted by molar-refractivity contribution is 5.82. The maximum absolute atomic E-state index is 11.6. The molecule has 1 saturated carbocycles. The van der Waals surface area contributed by atoms with Crippen molar-refractivity contribution < 1.29 is 19.0 Å². The number of nitrogens with one attached hydrogen (secondary N) is 2. The summed E-state index contributed by atoms with van der Waals surface area (Å²) >= 11 is 0. The Morgan fingerprint density at radius 2 is 1.97 bits per heavy atom. The Kier molecular flexibility index (Phi) is 6.77. The average molecular weight is 523 g/mol. The SMILES string of the molecule is CC1(C)Cc2c(ccc(O[C@H]3CC[C@@H](N4CCOCC4)CC3)c2NC[C@@H]2CNC(=O)O2)-c2ncnc(N)c21. The summed E-state index contributed by atoms with van der Waals surface area (Å²) in [6.45, 7) is 9.07. The normalized spacial score (nSPS) is 26.6. The fraction of sp³-hybridized carbons (Fsp3) is 0.607. The van der Waals surface area contributed by atoms with E-state index in [1.54, 1.807) is 0 Å². The molecule has 204 valence electrons. The summed E-state index contributed by atoms with van der Waals surface area (Å²) in [5, 5.41) is 6.34. The van der Waals surface area contributed by atoms with Crippen molar-refractivity contribution in [3.63, 3.8) is 0 Å². The van der Waals surface area contributed by atoms with Gasteiger partial charge in [-0.15, -0.1) is 0 Å². The number of fused-ring (bicyclic) bond motifs is 3. The number of cyclic esters (lactones) is 1. The third-order valence-corrected chi connectivity index (χ3v) is 8.46. The molecule has 1 atom stereocenters. The molecule has 0 unspecified atom stereocenters. The Hall–Kier alpha value is -3.11. The Morgan fingerprint density at radius 3 is 2.71 bits per heavy atom. The van der Waals surface area contributed by atoms with Crippen LogP contribution in [0.5, 0.6) is 5.75 Å². The molecule has 38 heavy (non-hydrogen) atoms. The van der Waals surface area contributed by atoms with Gasteiger partial charge in [-0.05, 0) is 55.2 Å². The predicted octanol–water partition coefficient (Wildman–Crippen LogP) is 3.10. The largest absolute Gasteiger partial charge is 0.488 e. The number of alkyl carbamates (subject to hydrolysis) is 1. The van der Waals surface area contributed by atoms with Gasteiger partial charge in [-0.25, -0.2) is 14.8 Å². The van der Waals surface area contributed by atoms with Gasteiger partial charge in [0.05, 0.1) is 43.8 Å². The molecule has 2 aliphatic carbocycles. The number of rotatable bonds is 6. The fourth-order valence-corrected chi connectivity index (χ4v) is 6.54. The van der Waals surface area contributed by atoms with Crippen molar-refractivity contribution in [2.45, 2.75) is 69.6 Å². The molecular weight excluding hydrogens is 484 g/mol. The molecule has 6 rings (SSSR count). The van der Waals surface area contributed by atoms with Crippen molar-refractivity contribution >= 4 is 17.6 Å². The van der Waals surface area contributed by atoms with Crippen molar-refractivity contribution in [2.24, 2.45) is 0 Å². The molecule has 0 spiro atoms. The lowest BCUT2D eigenvalue weighted by atomic mass is 9.71. The number of nitrogens with zero attached hydrogens (tertiary/aromatic N) is 3. The molecule has 1 amide bonds. The number of nitrogen functional groups attached to an aromatic ring is 1. The lowest BCUT2D eigenvalue weighted by molar-refractivity contribution is -0.000983. The first-order valence-corrected chi connectivity index (χ1v) is 13.8. The maximum Gasteiger partial charge on any atom is 0.407 e. The number of nitrogens with two attached hydrogens (primary N) is 1. The molecule has 3 fully saturated rings. The molecule has 1 aromatic carbocycles. The van der Waals surface area contributed by atoms with Gasteiger partial charge in [0, 0.05) is 30.3 Å². The first-order chi connectivity index (χ1) is 18.4. The van der Waals surface area contributed by atoms with Gasteiger partial charge >= 0.3 is 6.09 Å². The zero-order valence-electron chi connectivity index (χ0n) is 22.3. The van der Waals surface area contributed by atoms with Crippen LogP contribution < -0.4 is 21.1 Å². The minimum atomic E-state index is -0.373. The molecule has 3 heterocycles. The molecular formula is C28H38N6O4.